The summed E-state index contributed by atoms with van der Waals surface area (Å²) < 4.78 is 18.9. The number of nitrogens with one attached hydrogen (secondary N) is 2. The molecule has 0 radical (unpaired) electrons. The van der Waals surface area contributed by atoms with Gasteiger partial charge in [-0.2, -0.15) is 0 Å². The average molecular weight is 351 g/mol. The Balaban J connectivity index is 1.63. The number of pyridine rings is 1. The van der Waals surface area contributed by atoms with Crippen LogP contribution in [0, 0.1) is 5.82 Å². The molecule has 0 aliphatic rings. The Morgan fingerprint density at radius 1 is 1.08 bits per heavy atom. The summed E-state index contributed by atoms with van der Waals surface area (Å²) in [5.41, 5.74) is 2.10. The largest absolute Gasteiger partial charge is 0.496 e. The van der Waals surface area contributed by atoms with Crippen LogP contribution in [-0.2, 0) is 6.54 Å². The lowest BCUT2D eigenvalue weighted by atomic mass is 10.2. The van der Waals surface area contributed by atoms with E-state index in [1.807, 2.05) is 24.3 Å². The standard InChI is InChI=1S/C20H18FN3O2/c1-26-19-9-5-2-6-14(19)12-23-20(25)18-11-10-15(13-22-18)24-17-8-4-3-7-16(17)21/h2-11,13,24H,12H2,1H3,(H,23,25). The van der Waals surface area contributed by atoms with Crippen molar-refractivity contribution in [3.05, 3.63) is 83.9 Å². The molecule has 0 aliphatic heterocycles. The fraction of sp³-hybridized carbons (Fsp3) is 0.100. The molecule has 0 spiro atoms. The molecule has 5 nitrogen and oxygen atoms in total. The highest BCUT2D eigenvalue weighted by atomic mass is 19.1. The highest BCUT2D eigenvalue weighted by Crippen LogP contribution is 2.19. The van der Waals surface area contributed by atoms with Gasteiger partial charge in [0.15, 0.2) is 0 Å². The molecule has 132 valence electrons. The van der Waals surface area contributed by atoms with E-state index in [-0.39, 0.29) is 17.4 Å². The van der Waals surface area contributed by atoms with Crippen molar-refractivity contribution in [3.8, 4) is 5.75 Å². The van der Waals surface area contributed by atoms with Crippen molar-refractivity contribution in [2.45, 2.75) is 6.54 Å². The molecule has 1 amide bonds. The van der Waals surface area contributed by atoms with Gasteiger partial charge in [0.05, 0.1) is 24.7 Å². The molecule has 3 rings (SSSR count). The van der Waals surface area contributed by atoms with Gasteiger partial charge >= 0.3 is 0 Å². The number of aromatic nitrogens is 1. The lowest BCUT2D eigenvalue weighted by molar-refractivity contribution is 0.0945. The zero-order chi connectivity index (χ0) is 18.4. The van der Waals surface area contributed by atoms with Crippen LogP contribution in [0.3, 0.4) is 0 Å². The summed E-state index contributed by atoms with van der Waals surface area (Å²) in [6.45, 7) is 0.333. The number of carbonyl (C=O) groups excluding carboxylic acids is 1. The van der Waals surface area contributed by atoms with E-state index in [1.54, 1.807) is 37.4 Å². The quantitative estimate of drug-likeness (QED) is 0.707. The Morgan fingerprint density at radius 2 is 1.85 bits per heavy atom. The van der Waals surface area contributed by atoms with Crippen molar-refractivity contribution in [2.75, 3.05) is 12.4 Å². The minimum Gasteiger partial charge on any atom is -0.496 e. The van der Waals surface area contributed by atoms with Crippen LogP contribution in [0.15, 0.2) is 66.9 Å². The van der Waals surface area contributed by atoms with Crippen LogP contribution >= 0.6 is 0 Å². The summed E-state index contributed by atoms with van der Waals surface area (Å²) in [5, 5.41) is 5.73. The fourth-order valence-electron chi connectivity index (χ4n) is 2.44. The molecule has 1 heterocycles. The smallest absolute Gasteiger partial charge is 0.270 e. The van der Waals surface area contributed by atoms with Gasteiger partial charge in [0.2, 0.25) is 0 Å². The maximum Gasteiger partial charge on any atom is 0.270 e. The molecular weight excluding hydrogens is 333 g/mol. The summed E-state index contributed by atoms with van der Waals surface area (Å²) in [6, 6.07) is 17.1. The van der Waals surface area contributed by atoms with Gasteiger partial charge in [0.25, 0.3) is 5.91 Å². The third-order valence-corrected chi connectivity index (χ3v) is 3.78. The molecule has 2 aromatic carbocycles. The Hall–Kier alpha value is -3.41. The van der Waals surface area contributed by atoms with Gasteiger partial charge in [-0.15, -0.1) is 0 Å². The zero-order valence-corrected chi connectivity index (χ0v) is 14.2. The van der Waals surface area contributed by atoms with E-state index in [9.17, 15) is 9.18 Å². The van der Waals surface area contributed by atoms with E-state index >= 15 is 0 Å². The number of amides is 1. The second-order valence-electron chi connectivity index (χ2n) is 5.53. The molecule has 0 atom stereocenters. The molecule has 0 saturated carbocycles. The molecule has 0 unspecified atom stereocenters. The second-order valence-corrected chi connectivity index (χ2v) is 5.53. The monoisotopic (exact) mass is 351 g/mol. The normalized spacial score (nSPS) is 10.2. The van der Waals surface area contributed by atoms with Gasteiger partial charge in [-0.3, -0.25) is 4.79 Å². The number of ether oxygens (including phenoxy) is 1. The number of anilines is 2. The van der Waals surface area contributed by atoms with Crippen molar-refractivity contribution in [3.63, 3.8) is 0 Å². The van der Waals surface area contributed by atoms with Crippen LogP contribution in [0.5, 0.6) is 5.75 Å². The van der Waals surface area contributed by atoms with E-state index in [4.69, 9.17) is 4.74 Å². The summed E-state index contributed by atoms with van der Waals surface area (Å²) >= 11 is 0. The van der Waals surface area contributed by atoms with Crippen molar-refractivity contribution in [1.29, 1.82) is 0 Å². The van der Waals surface area contributed by atoms with Crippen LogP contribution in [0.4, 0.5) is 15.8 Å². The summed E-state index contributed by atoms with van der Waals surface area (Å²) in [7, 11) is 1.59. The first-order valence-corrected chi connectivity index (χ1v) is 8.05. The van der Waals surface area contributed by atoms with E-state index in [1.165, 1.54) is 12.3 Å². The first-order chi connectivity index (χ1) is 12.7. The maximum absolute atomic E-state index is 13.6. The predicted octanol–water partition coefficient (Wildman–Crippen LogP) is 3.90. The Kier molecular flexibility index (Phi) is 5.43. The number of nitrogens with zero attached hydrogens (tertiary/aromatic N) is 1. The summed E-state index contributed by atoms with van der Waals surface area (Å²) in [5.74, 6) is 0.0599. The van der Waals surface area contributed by atoms with Gasteiger partial charge in [-0.05, 0) is 30.3 Å². The summed E-state index contributed by atoms with van der Waals surface area (Å²) in [4.78, 5) is 16.4. The Labute approximate surface area is 150 Å². The number of halogens is 1. The highest BCUT2D eigenvalue weighted by molar-refractivity contribution is 5.92. The number of hydrogen-bond donors (Lipinski definition) is 2. The van der Waals surface area contributed by atoms with Gasteiger partial charge in [-0.1, -0.05) is 30.3 Å². The molecule has 0 saturated heterocycles. The fourth-order valence-corrected chi connectivity index (χ4v) is 2.44. The number of carbonyl (C=O) groups is 1. The van der Waals surface area contributed by atoms with E-state index in [2.05, 4.69) is 15.6 Å². The third-order valence-electron chi connectivity index (χ3n) is 3.78. The van der Waals surface area contributed by atoms with Crippen LogP contribution in [0.2, 0.25) is 0 Å². The molecule has 3 aromatic rings. The highest BCUT2D eigenvalue weighted by Gasteiger charge is 2.09. The van der Waals surface area contributed by atoms with Crippen LogP contribution in [-0.4, -0.2) is 18.0 Å². The predicted molar refractivity (Wildman–Crippen MR) is 98.1 cm³/mol. The number of hydrogen-bond acceptors (Lipinski definition) is 4. The van der Waals surface area contributed by atoms with E-state index < -0.39 is 0 Å². The molecule has 1 aromatic heterocycles. The first kappa shape index (κ1) is 17.4. The molecule has 26 heavy (non-hydrogen) atoms. The maximum atomic E-state index is 13.6. The van der Waals surface area contributed by atoms with Crippen molar-refractivity contribution >= 4 is 17.3 Å². The summed E-state index contributed by atoms with van der Waals surface area (Å²) in [6.07, 6.45) is 1.49. The molecule has 0 fully saturated rings. The Morgan fingerprint density at radius 3 is 2.58 bits per heavy atom. The molecule has 0 bridgehead atoms. The minimum absolute atomic E-state index is 0.277. The lowest BCUT2D eigenvalue weighted by Crippen LogP contribution is -2.24. The number of rotatable bonds is 6. The molecule has 0 aliphatic carbocycles. The third kappa shape index (κ3) is 4.16. The van der Waals surface area contributed by atoms with Gasteiger partial charge in [0.1, 0.15) is 17.3 Å². The van der Waals surface area contributed by atoms with Crippen LogP contribution in [0.1, 0.15) is 16.1 Å². The minimum atomic E-state index is -0.355. The lowest BCUT2D eigenvalue weighted by Gasteiger charge is -2.10. The number of methoxy groups -OCH3 is 1. The average Bonchev–Trinajstić information content (AvgIpc) is 2.68. The Bertz CT molecular complexity index is 898. The van der Waals surface area contributed by atoms with Gasteiger partial charge in [-0.25, -0.2) is 9.37 Å². The SMILES string of the molecule is COc1ccccc1CNC(=O)c1ccc(Nc2ccccc2F)cn1. The zero-order valence-electron chi connectivity index (χ0n) is 14.2. The van der Waals surface area contributed by atoms with Crippen LogP contribution < -0.4 is 15.4 Å². The first-order valence-electron chi connectivity index (χ1n) is 8.05. The van der Waals surface area contributed by atoms with E-state index in [0.29, 0.717) is 23.7 Å². The van der Waals surface area contributed by atoms with Gasteiger partial charge in [0, 0.05) is 12.1 Å². The van der Waals surface area contributed by atoms with Crippen molar-refractivity contribution < 1.29 is 13.9 Å². The number of benzene rings is 2. The van der Waals surface area contributed by atoms with E-state index in [0.717, 1.165) is 5.56 Å². The van der Waals surface area contributed by atoms with Crippen LogP contribution in [0.25, 0.3) is 0 Å². The van der Waals surface area contributed by atoms with Gasteiger partial charge < -0.3 is 15.4 Å². The van der Waals surface area contributed by atoms with Crippen molar-refractivity contribution in [2.24, 2.45) is 0 Å². The molecule has 6 heteroatoms. The van der Waals surface area contributed by atoms with Crippen molar-refractivity contribution in [1.82, 2.24) is 10.3 Å². The topological polar surface area (TPSA) is 63.2 Å². The number of para-hydroxylation sites is 2. The molecule has 2 N–H and O–H groups in total. The second kappa shape index (κ2) is 8.11. The molecular formula is C20H18FN3O2.